The van der Waals surface area contributed by atoms with Crippen molar-refractivity contribution in [3.8, 4) is 0 Å². The summed E-state index contributed by atoms with van der Waals surface area (Å²) in [5, 5.41) is 9.00. The lowest BCUT2D eigenvalue weighted by Gasteiger charge is -2.34. The molecule has 1 aliphatic heterocycles. The molecule has 0 saturated carbocycles. The number of likely N-dealkylation sites (tertiary alicyclic amines) is 1. The minimum absolute atomic E-state index is 0.101. The Labute approximate surface area is 79.7 Å². The first-order valence-electron chi connectivity index (χ1n) is 5.06. The highest BCUT2D eigenvalue weighted by atomic mass is 16.4. The van der Waals surface area contributed by atoms with Gasteiger partial charge in [-0.25, -0.2) is 0 Å². The van der Waals surface area contributed by atoms with Gasteiger partial charge in [-0.2, -0.15) is 0 Å². The van der Waals surface area contributed by atoms with Crippen molar-refractivity contribution in [2.24, 2.45) is 11.8 Å². The van der Waals surface area contributed by atoms with E-state index in [1.54, 1.807) is 0 Å². The molecule has 1 aliphatic rings. The Morgan fingerprint density at radius 2 is 2.31 bits per heavy atom. The number of piperidine rings is 1. The van der Waals surface area contributed by atoms with Crippen LogP contribution >= 0.6 is 0 Å². The van der Waals surface area contributed by atoms with Crippen molar-refractivity contribution < 1.29 is 9.90 Å². The van der Waals surface area contributed by atoms with Gasteiger partial charge < -0.3 is 10.0 Å². The zero-order valence-electron chi connectivity index (χ0n) is 8.49. The number of carboxylic acids is 1. The predicted molar refractivity (Wildman–Crippen MR) is 51.6 cm³/mol. The van der Waals surface area contributed by atoms with Crippen LogP contribution in [-0.4, -0.2) is 36.1 Å². The van der Waals surface area contributed by atoms with Gasteiger partial charge in [-0.05, 0) is 32.4 Å². The van der Waals surface area contributed by atoms with Crippen molar-refractivity contribution in [2.45, 2.75) is 26.2 Å². The fourth-order valence-electron chi connectivity index (χ4n) is 2.20. The molecule has 0 aromatic carbocycles. The maximum atomic E-state index is 10.9. The average Bonchev–Trinajstić information content (AvgIpc) is 2.04. The topological polar surface area (TPSA) is 40.5 Å². The van der Waals surface area contributed by atoms with Gasteiger partial charge in [0.1, 0.15) is 0 Å². The first-order valence-corrected chi connectivity index (χ1v) is 5.06. The normalized spacial score (nSPS) is 30.3. The van der Waals surface area contributed by atoms with Crippen LogP contribution in [0.3, 0.4) is 0 Å². The molecule has 3 heteroatoms. The van der Waals surface area contributed by atoms with E-state index in [9.17, 15) is 4.79 Å². The second-order valence-corrected chi connectivity index (χ2v) is 4.04. The molecule has 1 fully saturated rings. The van der Waals surface area contributed by atoms with Crippen molar-refractivity contribution in [1.82, 2.24) is 4.90 Å². The maximum Gasteiger partial charge on any atom is 0.306 e. The van der Waals surface area contributed by atoms with E-state index in [1.807, 2.05) is 0 Å². The van der Waals surface area contributed by atoms with E-state index in [0.29, 0.717) is 5.92 Å². The van der Waals surface area contributed by atoms with Crippen molar-refractivity contribution in [1.29, 1.82) is 0 Å². The van der Waals surface area contributed by atoms with Gasteiger partial charge in [-0.1, -0.05) is 13.3 Å². The standard InChI is InChI=1S/C10H19NO2/c1-3-4-8-7-11(2)6-5-9(8)10(12)13/h8-9H,3-7H2,1-2H3,(H,12,13). The highest BCUT2D eigenvalue weighted by Gasteiger charge is 2.31. The smallest absolute Gasteiger partial charge is 0.306 e. The van der Waals surface area contributed by atoms with E-state index >= 15 is 0 Å². The quantitative estimate of drug-likeness (QED) is 0.723. The Hall–Kier alpha value is -0.570. The van der Waals surface area contributed by atoms with Gasteiger partial charge in [0.2, 0.25) is 0 Å². The molecule has 0 aromatic heterocycles. The molecule has 2 atom stereocenters. The molecule has 0 amide bonds. The molecule has 13 heavy (non-hydrogen) atoms. The SMILES string of the molecule is CCCC1CN(C)CCC1C(=O)O. The summed E-state index contributed by atoms with van der Waals surface area (Å²) in [5.74, 6) is -0.344. The molecule has 1 N–H and O–H groups in total. The molecule has 3 nitrogen and oxygen atoms in total. The van der Waals surface area contributed by atoms with E-state index in [4.69, 9.17) is 5.11 Å². The summed E-state index contributed by atoms with van der Waals surface area (Å²) in [6, 6.07) is 0. The third-order valence-corrected chi connectivity index (χ3v) is 2.91. The van der Waals surface area contributed by atoms with Crippen molar-refractivity contribution >= 4 is 5.97 Å². The number of nitrogens with zero attached hydrogens (tertiary/aromatic N) is 1. The Balaban J connectivity index is 2.55. The van der Waals surface area contributed by atoms with Crippen LogP contribution in [-0.2, 0) is 4.79 Å². The summed E-state index contributed by atoms with van der Waals surface area (Å²) < 4.78 is 0. The number of carboxylic acid groups (broad SMARTS) is 1. The molecule has 1 saturated heterocycles. The second-order valence-electron chi connectivity index (χ2n) is 4.04. The molecule has 0 aromatic rings. The fraction of sp³-hybridized carbons (Fsp3) is 0.900. The average molecular weight is 185 g/mol. The lowest BCUT2D eigenvalue weighted by molar-refractivity contribution is -0.145. The Bertz CT molecular complexity index is 182. The van der Waals surface area contributed by atoms with Gasteiger partial charge in [0.25, 0.3) is 0 Å². The Morgan fingerprint density at radius 1 is 1.62 bits per heavy atom. The summed E-state index contributed by atoms with van der Waals surface area (Å²) in [6.45, 7) is 4.00. The Morgan fingerprint density at radius 3 is 2.85 bits per heavy atom. The first kappa shape index (κ1) is 10.5. The molecule has 0 aliphatic carbocycles. The van der Waals surface area contributed by atoms with Gasteiger partial charge in [0.05, 0.1) is 5.92 Å². The zero-order chi connectivity index (χ0) is 9.84. The lowest BCUT2D eigenvalue weighted by Crippen LogP contribution is -2.41. The largest absolute Gasteiger partial charge is 0.481 e. The number of hydrogen-bond acceptors (Lipinski definition) is 2. The molecular formula is C10H19NO2. The van der Waals surface area contributed by atoms with Gasteiger partial charge in [0.15, 0.2) is 0 Å². The molecule has 0 radical (unpaired) electrons. The third-order valence-electron chi connectivity index (χ3n) is 2.91. The summed E-state index contributed by atoms with van der Waals surface area (Å²) in [7, 11) is 2.07. The van der Waals surface area contributed by atoms with Crippen LogP contribution in [0.5, 0.6) is 0 Å². The van der Waals surface area contributed by atoms with E-state index in [-0.39, 0.29) is 5.92 Å². The van der Waals surface area contributed by atoms with Crippen LogP contribution in [0.2, 0.25) is 0 Å². The number of rotatable bonds is 3. The van der Waals surface area contributed by atoms with Gasteiger partial charge >= 0.3 is 5.97 Å². The van der Waals surface area contributed by atoms with Crippen LogP contribution in [0.15, 0.2) is 0 Å². The monoisotopic (exact) mass is 185 g/mol. The van der Waals surface area contributed by atoms with Gasteiger partial charge in [-0.3, -0.25) is 4.79 Å². The van der Waals surface area contributed by atoms with Crippen LogP contribution in [0.4, 0.5) is 0 Å². The molecule has 1 heterocycles. The molecule has 0 spiro atoms. The van der Waals surface area contributed by atoms with Crippen LogP contribution in [0.25, 0.3) is 0 Å². The maximum absolute atomic E-state index is 10.9. The number of aliphatic carboxylic acids is 1. The number of hydrogen-bond donors (Lipinski definition) is 1. The fourth-order valence-corrected chi connectivity index (χ4v) is 2.20. The van der Waals surface area contributed by atoms with Crippen molar-refractivity contribution in [3.05, 3.63) is 0 Å². The van der Waals surface area contributed by atoms with E-state index in [0.717, 1.165) is 32.4 Å². The van der Waals surface area contributed by atoms with E-state index in [2.05, 4.69) is 18.9 Å². The summed E-state index contributed by atoms with van der Waals surface area (Å²) in [4.78, 5) is 13.2. The molecule has 0 bridgehead atoms. The lowest BCUT2D eigenvalue weighted by atomic mass is 9.83. The number of carbonyl (C=O) groups is 1. The first-order chi connectivity index (χ1) is 6.15. The van der Waals surface area contributed by atoms with Gasteiger partial charge in [-0.15, -0.1) is 0 Å². The second kappa shape index (κ2) is 4.61. The molecule has 76 valence electrons. The van der Waals surface area contributed by atoms with Crippen molar-refractivity contribution in [2.75, 3.05) is 20.1 Å². The third kappa shape index (κ3) is 2.69. The highest BCUT2D eigenvalue weighted by molar-refractivity contribution is 5.70. The molecule has 1 rings (SSSR count). The minimum Gasteiger partial charge on any atom is -0.481 e. The van der Waals surface area contributed by atoms with Gasteiger partial charge in [0, 0.05) is 6.54 Å². The van der Waals surface area contributed by atoms with E-state index in [1.165, 1.54) is 0 Å². The zero-order valence-corrected chi connectivity index (χ0v) is 8.49. The van der Waals surface area contributed by atoms with Crippen molar-refractivity contribution in [3.63, 3.8) is 0 Å². The highest BCUT2D eigenvalue weighted by Crippen LogP contribution is 2.26. The summed E-state index contributed by atoms with van der Waals surface area (Å²) >= 11 is 0. The van der Waals surface area contributed by atoms with Crippen LogP contribution in [0.1, 0.15) is 26.2 Å². The van der Waals surface area contributed by atoms with Crippen LogP contribution in [0, 0.1) is 11.8 Å². The Kier molecular flexibility index (Phi) is 3.72. The minimum atomic E-state index is -0.605. The molecular weight excluding hydrogens is 166 g/mol. The molecule has 2 unspecified atom stereocenters. The predicted octanol–water partition coefficient (Wildman–Crippen LogP) is 1.44. The van der Waals surface area contributed by atoms with E-state index < -0.39 is 5.97 Å². The summed E-state index contributed by atoms with van der Waals surface area (Å²) in [5.41, 5.74) is 0. The summed E-state index contributed by atoms with van der Waals surface area (Å²) in [6.07, 6.45) is 2.94. The van der Waals surface area contributed by atoms with Crippen LogP contribution < -0.4 is 0 Å².